The maximum Gasteiger partial charge on any atom is 0.317 e. The Kier molecular flexibility index (Phi) is 9.12. The highest BCUT2D eigenvalue weighted by Crippen LogP contribution is 2.20. The maximum atomic E-state index is 12.3. The zero-order chi connectivity index (χ0) is 22.3. The second-order valence-corrected chi connectivity index (χ2v) is 8.51. The number of allylic oxidation sites excluding steroid dienone is 3. The van der Waals surface area contributed by atoms with Crippen molar-refractivity contribution in [3.8, 4) is 0 Å². The third-order valence-corrected chi connectivity index (χ3v) is 5.34. The van der Waals surface area contributed by atoms with Crippen molar-refractivity contribution in [2.45, 2.75) is 66.7 Å². The highest BCUT2D eigenvalue weighted by molar-refractivity contribution is 6.69. The number of hydrogen-bond acceptors (Lipinski definition) is 3. The van der Waals surface area contributed by atoms with Gasteiger partial charge in [-0.2, -0.15) is 0 Å². The number of amides is 2. The molecule has 1 aromatic carbocycles. The number of aryl methyl sites for hydroxylation is 1. The summed E-state index contributed by atoms with van der Waals surface area (Å²) >= 11 is 6.24. The van der Waals surface area contributed by atoms with Crippen molar-refractivity contribution in [1.82, 2.24) is 10.2 Å². The van der Waals surface area contributed by atoms with Gasteiger partial charge in [-0.05, 0) is 69.4 Å². The molecule has 0 saturated carbocycles. The average molecular weight is 432 g/mol. The molecule has 2 amide bonds. The first-order valence-electron chi connectivity index (χ1n) is 10.5. The molecule has 1 N–H and O–H groups in total. The molecule has 0 radical (unpaired) electrons. The van der Waals surface area contributed by atoms with Crippen LogP contribution in [-0.4, -0.2) is 41.4 Å². The highest BCUT2D eigenvalue weighted by Gasteiger charge is 2.31. The van der Waals surface area contributed by atoms with Crippen molar-refractivity contribution in [2.75, 3.05) is 13.1 Å². The van der Waals surface area contributed by atoms with E-state index in [0.717, 1.165) is 28.7 Å². The molecule has 1 aromatic rings. The van der Waals surface area contributed by atoms with Gasteiger partial charge in [0.1, 0.15) is 5.17 Å². The summed E-state index contributed by atoms with van der Waals surface area (Å²) in [6.07, 6.45) is 4.98. The van der Waals surface area contributed by atoms with Gasteiger partial charge in [-0.15, -0.1) is 0 Å². The van der Waals surface area contributed by atoms with E-state index in [9.17, 15) is 4.79 Å². The number of halogens is 1. The largest absolute Gasteiger partial charge is 0.372 e. The number of ether oxygens (including phenoxy) is 1. The standard InChI is InChI=1S/C24H34ClN3O2/c1-7-17(4)12-26-23(25)11-19(6)20-8-9-21(18(5)10-20)13-27-24(29)28-14-22(15-28)30-16(2)3/h8-12,16,22H,7,13-15H2,1-6H3,(H,27,29)/b17-12+,19-11+,26-23-. The molecule has 0 atom stereocenters. The van der Waals surface area contributed by atoms with Gasteiger partial charge in [-0.3, -0.25) is 0 Å². The number of urea groups is 1. The van der Waals surface area contributed by atoms with Crippen LogP contribution in [0.2, 0.25) is 0 Å². The number of aliphatic imine (C=N–C) groups is 1. The molecule has 1 aliphatic heterocycles. The van der Waals surface area contributed by atoms with Crippen LogP contribution in [0, 0.1) is 6.92 Å². The number of hydrogen-bond donors (Lipinski definition) is 1. The minimum atomic E-state index is -0.0448. The molecule has 0 unspecified atom stereocenters. The van der Waals surface area contributed by atoms with Crippen molar-refractivity contribution >= 4 is 28.4 Å². The minimum absolute atomic E-state index is 0.0448. The van der Waals surface area contributed by atoms with Crippen molar-refractivity contribution in [1.29, 1.82) is 0 Å². The summed E-state index contributed by atoms with van der Waals surface area (Å²) in [4.78, 5) is 18.3. The number of nitrogens with one attached hydrogen (secondary N) is 1. The van der Waals surface area contributed by atoms with E-state index in [4.69, 9.17) is 16.3 Å². The van der Waals surface area contributed by atoms with Gasteiger partial charge >= 0.3 is 6.03 Å². The third-order valence-electron chi connectivity index (χ3n) is 5.13. The van der Waals surface area contributed by atoms with Crippen LogP contribution in [0.25, 0.3) is 5.57 Å². The SMILES string of the molecule is CC/C(C)=C/N=C(Cl)/C=C(\C)c1ccc(CNC(=O)N2CC(OC(C)C)C2)c(C)c1. The molecular weight excluding hydrogens is 398 g/mol. The van der Waals surface area contributed by atoms with E-state index in [2.05, 4.69) is 36.3 Å². The number of likely N-dealkylation sites (tertiary alicyclic amines) is 1. The topological polar surface area (TPSA) is 53.9 Å². The summed E-state index contributed by atoms with van der Waals surface area (Å²) in [5.41, 5.74) is 5.53. The van der Waals surface area contributed by atoms with Crippen LogP contribution in [0.5, 0.6) is 0 Å². The Labute approximate surface area is 185 Å². The zero-order valence-corrected chi connectivity index (χ0v) is 19.7. The fraction of sp³-hybridized carbons (Fsp3) is 0.500. The lowest BCUT2D eigenvalue weighted by atomic mass is 10.0. The molecule has 0 bridgehead atoms. The normalized spacial score (nSPS) is 16.1. The first kappa shape index (κ1) is 24.2. The van der Waals surface area contributed by atoms with Crippen molar-refractivity contribution in [2.24, 2.45) is 4.99 Å². The highest BCUT2D eigenvalue weighted by atomic mass is 35.5. The molecule has 0 aromatic heterocycles. The predicted molar refractivity (Wildman–Crippen MR) is 126 cm³/mol. The van der Waals surface area contributed by atoms with Gasteiger partial charge in [-0.1, -0.05) is 42.3 Å². The number of rotatable bonds is 8. The Morgan fingerprint density at radius 3 is 2.67 bits per heavy atom. The molecule has 6 heteroatoms. The second-order valence-electron chi connectivity index (χ2n) is 8.12. The Morgan fingerprint density at radius 1 is 1.37 bits per heavy atom. The second kappa shape index (κ2) is 11.3. The van der Waals surface area contributed by atoms with E-state index in [0.29, 0.717) is 24.8 Å². The Bertz CT molecular complexity index is 837. The summed E-state index contributed by atoms with van der Waals surface area (Å²) in [5, 5.41) is 3.46. The summed E-state index contributed by atoms with van der Waals surface area (Å²) in [5.74, 6) is 0. The molecule has 1 fully saturated rings. The number of carbonyl (C=O) groups excluding carboxylic acids is 1. The number of nitrogens with zero attached hydrogens (tertiary/aromatic N) is 2. The summed E-state index contributed by atoms with van der Waals surface area (Å²) in [6.45, 7) is 14.0. The predicted octanol–water partition coefficient (Wildman–Crippen LogP) is 5.67. The average Bonchev–Trinajstić information content (AvgIpc) is 2.66. The fourth-order valence-electron chi connectivity index (χ4n) is 3.06. The molecule has 164 valence electrons. The van der Waals surface area contributed by atoms with Gasteiger partial charge in [0, 0.05) is 12.7 Å². The minimum Gasteiger partial charge on any atom is -0.372 e. The molecule has 1 saturated heterocycles. The number of carbonyl (C=O) groups is 1. The van der Waals surface area contributed by atoms with E-state index in [1.165, 1.54) is 5.57 Å². The first-order valence-corrected chi connectivity index (χ1v) is 10.9. The molecule has 5 nitrogen and oxygen atoms in total. The molecular formula is C24H34ClN3O2. The Hall–Kier alpha value is -2.11. The van der Waals surface area contributed by atoms with Crippen molar-refractivity contribution in [3.05, 3.63) is 52.7 Å². The summed E-state index contributed by atoms with van der Waals surface area (Å²) in [6, 6.07) is 6.17. The van der Waals surface area contributed by atoms with Gasteiger partial charge in [0.25, 0.3) is 0 Å². The van der Waals surface area contributed by atoms with Crippen molar-refractivity contribution in [3.63, 3.8) is 0 Å². The summed E-state index contributed by atoms with van der Waals surface area (Å²) < 4.78 is 5.70. The van der Waals surface area contributed by atoms with E-state index in [1.807, 2.05) is 39.8 Å². The molecule has 2 rings (SSSR count). The van der Waals surface area contributed by atoms with E-state index in [1.54, 1.807) is 11.1 Å². The van der Waals surface area contributed by atoms with Crippen LogP contribution in [0.15, 0.2) is 41.0 Å². The van der Waals surface area contributed by atoms with Crippen LogP contribution >= 0.6 is 11.6 Å². The first-order chi connectivity index (χ1) is 14.2. The molecule has 0 spiro atoms. The molecule has 1 heterocycles. The van der Waals surface area contributed by atoms with Gasteiger partial charge in [0.05, 0.1) is 25.3 Å². The van der Waals surface area contributed by atoms with Gasteiger partial charge < -0.3 is 15.0 Å². The zero-order valence-electron chi connectivity index (χ0n) is 19.0. The molecule has 0 aliphatic carbocycles. The van der Waals surface area contributed by atoms with Crippen molar-refractivity contribution < 1.29 is 9.53 Å². The Balaban J connectivity index is 1.92. The van der Waals surface area contributed by atoms with Gasteiger partial charge in [0.15, 0.2) is 0 Å². The smallest absolute Gasteiger partial charge is 0.317 e. The van der Waals surface area contributed by atoms with E-state index < -0.39 is 0 Å². The van der Waals surface area contributed by atoms with E-state index >= 15 is 0 Å². The third kappa shape index (κ3) is 7.29. The number of benzene rings is 1. The maximum absolute atomic E-state index is 12.3. The van der Waals surface area contributed by atoms with Crippen LogP contribution in [0.4, 0.5) is 4.79 Å². The monoisotopic (exact) mass is 431 g/mol. The summed E-state index contributed by atoms with van der Waals surface area (Å²) in [7, 11) is 0. The molecule has 30 heavy (non-hydrogen) atoms. The van der Waals surface area contributed by atoms with E-state index in [-0.39, 0.29) is 18.2 Å². The Morgan fingerprint density at radius 2 is 2.07 bits per heavy atom. The lowest BCUT2D eigenvalue weighted by Gasteiger charge is -2.39. The fourth-order valence-corrected chi connectivity index (χ4v) is 3.27. The van der Waals surface area contributed by atoms with Gasteiger partial charge in [-0.25, -0.2) is 9.79 Å². The quantitative estimate of drug-likeness (QED) is 0.539. The molecule has 1 aliphatic rings. The van der Waals surface area contributed by atoms with Gasteiger partial charge in [0.2, 0.25) is 0 Å². The van der Waals surface area contributed by atoms with Crippen LogP contribution < -0.4 is 5.32 Å². The lowest BCUT2D eigenvalue weighted by molar-refractivity contribution is -0.0641. The van der Waals surface area contributed by atoms with Crippen LogP contribution in [-0.2, 0) is 11.3 Å². The lowest BCUT2D eigenvalue weighted by Crippen LogP contribution is -2.58. The van der Waals surface area contributed by atoms with Crippen LogP contribution in [0.1, 0.15) is 57.7 Å². The van der Waals surface area contributed by atoms with Crippen LogP contribution in [0.3, 0.4) is 0 Å².